The monoisotopic (exact) mass is 397 g/mol. The number of hydrogen-bond acceptors (Lipinski definition) is 5. The maximum atomic E-state index is 13.3. The van der Waals surface area contributed by atoms with Crippen LogP contribution in [-0.2, 0) is 15.1 Å². The first kappa shape index (κ1) is 21.2. The molecule has 0 saturated carbocycles. The van der Waals surface area contributed by atoms with Crippen LogP contribution < -0.4 is 9.64 Å². The van der Waals surface area contributed by atoms with Crippen LogP contribution in [0.2, 0.25) is 0 Å². The molecule has 1 amide bonds. The van der Waals surface area contributed by atoms with E-state index in [0.29, 0.717) is 5.75 Å². The van der Waals surface area contributed by atoms with Crippen molar-refractivity contribution in [2.75, 3.05) is 18.6 Å². The summed E-state index contributed by atoms with van der Waals surface area (Å²) in [6, 6.07) is 12.4. The molecular weight excluding hydrogens is 379 g/mol. The van der Waals surface area contributed by atoms with Crippen molar-refractivity contribution in [1.82, 2.24) is 0 Å². The number of nitrogens with zero attached hydrogens (tertiary/aromatic N) is 1. The summed E-state index contributed by atoms with van der Waals surface area (Å²) in [5.74, 6) is -1.55. The van der Waals surface area contributed by atoms with E-state index in [9.17, 15) is 27.9 Å². The molecule has 0 unspecified atom stereocenters. The van der Waals surface area contributed by atoms with Crippen molar-refractivity contribution >= 4 is 17.7 Å². The largest absolute Gasteiger partial charge is 0.466 e. The lowest BCUT2D eigenvalue weighted by molar-refractivity contribution is -0.266. The minimum absolute atomic E-state index is 0.172. The standard InChI is InChI=1S/C19H18F3NO5/c1-3-23(17(25)28-15-7-5-4-6-8-15)14-11-9-13(10-12-14)18(26,16(24)27-2)19(20,21)22/h4-12,26H,3H2,1-2H3/t18-/m1/s1. The van der Waals surface area contributed by atoms with Gasteiger partial charge in [0.25, 0.3) is 5.60 Å². The van der Waals surface area contributed by atoms with E-state index in [4.69, 9.17) is 4.74 Å². The minimum atomic E-state index is -5.29. The summed E-state index contributed by atoms with van der Waals surface area (Å²) in [5, 5.41) is 9.97. The van der Waals surface area contributed by atoms with Gasteiger partial charge in [-0.15, -0.1) is 0 Å². The molecule has 0 saturated heterocycles. The lowest BCUT2D eigenvalue weighted by Gasteiger charge is -2.28. The number of esters is 1. The molecule has 28 heavy (non-hydrogen) atoms. The fourth-order valence-corrected chi connectivity index (χ4v) is 2.49. The summed E-state index contributed by atoms with van der Waals surface area (Å²) in [6.07, 6.45) is -6.03. The smallest absolute Gasteiger partial charge is 0.432 e. The van der Waals surface area contributed by atoms with E-state index in [1.807, 2.05) is 0 Å². The lowest BCUT2D eigenvalue weighted by Crippen LogP contribution is -2.49. The molecule has 6 nitrogen and oxygen atoms in total. The fourth-order valence-electron chi connectivity index (χ4n) is 2.49. The van der Waals surface area contributed by atoms with Crippen molar-refractivity contribution in [2.24, 2.45) is 0 Å². The van der Waals surface area contributed by atoms with Crippen LogP contribution in [0.1, 0.15) is 12.5 Å². The molecule has 1 N–H and O–H groups in total. The van der Waals surface area contributed by atoms with E-state index in [1.165, 1.54) is 17.0 Å². The Morgan fingerprint density at radius 3 is 2.07 bits per heavy atom. The van der Waals surface area contributed by atoms with Gasteiger partial charge in [0.2, 0.25) is 0 Å². The SMILES string of the molecule is CCN(C(=O)Oc1ccccc1)c1ccc([C@@](O)(C(=O)OC)C(F)(F)F)cc1. The number of methoxy groups -OCH3 is 1. The van der Waals surface area contributed by atoms with E-state index < -0.39 is 29.4 Å². The molecule has 0 aliphatic carbocycles. The highest BCUT2D eigenvalue weighted by atomic mass is 19.4. The predicted molar refractivity (Wildman–Crippen MR) is 93.9 cm³/mol. The first-order valence-corrected chi connectivity index (χ1v) is 8.17. The maximum absolute atomic E-state index is 13.3. The Morgan fingerprint density at radius 2 is 1.61 bits per heavy atom. The van der Waals surface area contributed by atoms with Gasteiger partial charge in [0.1, 0.15) is 5.75 Å². The highest BCUT2D eigenvalue weighted by Gasteiger charge is 2.62. The normalized spacial score (nSPS) is 13.4. The molecule has 9 heteroatoms. The van der Waals surface area contributed by atoms with Crippen LogP contribution in [0.25, 0.3) is 0 Å². The number of carbonyl (C=O) groups excluding carboxylic acids is 2. The van der Waals surface area contributed by atoms with Crippen molar-refractivity contribution in [3.63, 3.8) is 0 Å². The van der Waals surface area contributed by atoms with E-state index in [-0.39, 0.29) is 12.2 Å². The van der Waals surface area contributed by atoms with E-state index in [0.717, 1.165) is 19.2 Å². The zero-order valence-corrected chi connectivity index (χ0v) is 15.1. The molecular formula is C19H18F3NO5. The number of anilines is 1. The average Bonchev–Trinajstić information content (AvgIpc) is 2.67. The number of aliphatic hydroxyl groups is 1. The predicted octanol–water partition coefficient (Wildman–Crippen LogP) is 3.63. The quantitative estimate of drug-likeness (QED) is 0.780. The number of para-hydroxylation sites is 1. The van der Waals surface area contributed by atoms with Gasteiger partial charge in [0.05, 0.1) is 7.11 Å². The second-order valence-corrected chi connectivity index (χ2v) is 5.67. The molecule has 0 bridgehead atoms. The number of ether oxygens (including phenoxy) is 2. The van der Waals surface area contributed by atoms with Gasteiger partial charge in [0, 0.05) is 17.8 Å². The number of amides is 1. The Hall–Kier alpha value is -3.07. The molecule has 0 fully saturated rings. The van der Waals surface area contributed by atoms with Gasteiger partial charge in [-0.3, -0.25) is 4.90 Å². The molecule has 0 aliphatic rings. The van der Waals surface area contributed by atoms with Crippen LogP contribution in [-0.4, -0.2) is 37.0 Å². The topological polar surface area (TPSA) is 76.1 Å². The molecule has 1 atom stereocenters. The second-order valence-electron chi connectivity index (χ2n) is 5.67. The summed E-state index contributed by atoms with van der Waals surface area (Å²) in [6.45, 7) is 1.83. The van der Waals surface area contributed by atoms with Gasteiger partial charge in [-0.25, -0.2) is 9.59 Å². The van der Waals surface area contributed by atoms with Crippen molar-refractivity contribution in [3.05, 3.63) is 60.2 Å². The summed E-state index contributed by atoms with van der Waals surface area (Å²) < 4.78 is 49.2. The van der Waals surface area contributed by atoms with Crippen LogP contribution in [0.5, 0.6) is 5.75 Å². The van der Waals surface area contributed by atoms with Crippen LogP contribution in [0.4, 0.5) is 23.7 Å². The maximum Gasteiger partial charge on any atom is 0.432 e. The first-order valence-electron chi connectivity index (χ1n) is 8.17. The Labute approximate surface area is 159 Å². The van der Waals surface area contributed by atoms with Gasteiger partial charge in [-0.2, -0.15) is 13.2 Å². The average molecular weight is 397 g/mol. The number of alkyl halides is 3. The van der Waals surface area contributed by atoms with E-state index in [1.54, 1.807) is 37.3 Å². The summed E-state index contributed by atoms with van der Waals surface area (Å²) >= 11 is 0. The van der Waals surface area contributed by atoms with Gasteiger partial charge in [-0.1, -0.05) is 30.3 Å². The Kier molecular flexibility index (Phi) is 6.30. The molecule has 0 radical (unpaired) electrons. The van der Waals surface area contributed by atoms with Crippen LogP contribution in [0, 0.1) is 0 Å². The van der Waals surface area contributed by atoms with Crippen molar-refractivity contribution in [2.45, 2.75) is 18.7 Å². The zero-order valence-electron chi connectivity index (χ0n) is 15.1. The number of carbonyl (C=O) groups is 2. The third-order valence-corrected chi connectivity index (χ3v) is 3.97. The molecule has 2 aromatic rings. The molecule has 0 aliphatic heterocycles. The van der Waals surface area contributed by atoms with Crippen molar-refractivity contribution < 1.29 is 37.3 Å². The highest BCUT2D eigenvalue weighted by molar-refractivity contribution is 5.89. The van der Waals surface area contributed by atoms with Gasteiger partial charge >= 0.3 is 18.2 Å². The van der Waals surface area contributed by atoms with Crippen molar-refractivity contribution in [1.29, 1.82) is 0 Å². The van der Waals surface area contributed by atoms with Gasteiger partial charge in [0.15, 0.2) is 0 Å². The number of hydrogen-bond donors (Lipinski definition) is 1. The number of halogens is 3. The number of benzene rings is 2. The second kappa shape index (κ2) is 8.30. The highest BCUT2D eigenvalue weighted by Crippen LogP contribution is 2.40. The Morgan fingerprint density at radius 1 is 1.04 bits per heavy atom. The molecule has 150 valence electrons. The molecule has 0 aromatic heterocycles. The number of rotatable bonds is 5. The van der Waals surface area contributed by atoms with Crippen LogP contribution in [0.15, 0.2) is 54.6 Å². The third-order valence-electron chi connectivity index (χ3n) is 3.97. The van der Waals surface area contributed by atoms with Crippen LogP contribution >= 0.6 is 0 Å². The third kappa shape index (κ3) is 4.09. The minimum Gasteiger partial charge on any atom is -0.466 e. The van der Waals surface area contributed by atoms with E-state index in [2.05, 4.69) is 4.74 Å². The van der Waals surface area contributed by atoms with Crippen molar-refractivity contribution in [3.8, 4) is 5.75 Å². The molecule has 0 spiro atoms. The Balaban J connectivity index is 2.30. The summed E-state index contributed by atoms with van der Waals surface area (Å²) in [5.41, 5.74) is -4.33. The lowest BCUT2D eigenvalue weighted by atomic mass is 9.93. The van der Waals surface area contributed by atoms with Gasteiger partial charge in [-0.05, 0) is 31.2 Å². The zero-order chi connectivity index (χ0) is 20.9. The van der Waals surface area contributed by atoms with Crippen LogP contribution in [0.3, 0.4) is 0 Å². The first-order chi connectivity index (χ1) is 13.1. The molecule has 2 aromatic carbocycles. The fraction of sp³-hybridized carbons (Fsp3) is 0.263. The Bertz CT molecular complexity index is 824. The van der Waals surface area contributed by atoms with Gasteiger partial charge < -0.3 is 14.6 Å². The summed E-state index contributed by atoms with van der Waals surface area (Å²) in [4.78, 5) is 25.1. The van der Waals surface area contributed by atoms with E-state index >= 15 is 0 Å². The summed E-state index contributed by atoms with van der Waals surface area (Å²) in [7, 11) is 0.742. The molecule has 2 rings (SSSR count). The molecule has 0 heterocycles.